The van der Waals surface area contributed by atoms with E-state index in [4.69, 9.17) is 0 Å². The molecule has 0 fully saturated rings. The van der Waals surface area contributed by atoms with Crippen molar-refractivity contribution in [2.24, 2.45) is 0 Å². The highest BCUT2D eigenvalue weighted by Gasteiger charge is 2.27. The Morgan fingerprint density at radius 3 is 2.62 bits per heavy atom. The number of urea groups is 1. The summed E-state index contributed by atoms with van der Waals surface area (Å²) in [5.41, 5.74) is 0. The van der Waals surface area contributed by atoms with Gasteiger partial charge in [-0.2, -0.15) is 13.2 Å². The number of halogens is 4. The Hall–Kier alpha value is -0.800. The molecule has 0 saturated heterocycles. The molecule has 2 amide bonds. The van der Waals surface area contributed by atoms with E-state index >= 15 is 0 Å². The SMILES string of the molecule is O=C(NCCCOCC(F)(F)F)NCCc1ccc(Br)s1. The summed E-state index contributed by atoms with van der Waals surface area (Å²) >= 11 is 4.96. The van der Waals surface area contributed by atoms with Gasteiger partial charge in [0.15, 0.2) is 0 Å². The van der Waals surface area contributed by atoms with E-state index in [1.54, 1.807) is 11.3 Å². The number of hydrogen-bond donors (Lipinski definition) is 2. The van der Waals surface area contributed by atoms with Crippen LogP contribution in [0.4, 0.5) is 18.0 Å². The molecule has 0 radical (unpaired) electrons. The van der Waals surface area contributed by atoms with Crippen molar-refractivity contribution in [2.45, 2.75) is 19.0 Å². The average Bonchev–Trinajstić information content (AvgIpc) is 2.78. The predicted octanol–water partition coefficient (Wildman–Crippen LogP) is 3.32. The summed E-state index contributed by atoms with van der Waals surface area (Å²) in [5, 5.41) is 5.23. The zero-order valence-corrected chi connectivity index (χ0v) is 13.5. The molecule has 1 rings (SSSR count). The number of rotatable bonds is 8. The van der Waals surface area contributed by atoms with E-state index in [1.807, 2.05) is 12.1 Å². The highest BCUT2D eigenvalue weighted by molar-refractivity contribution is 9.11. The second kappa shape index (κ2) is 9.26. The summed E-state index contributed by atoms with van der Waals surface area (Å²) in [6.07, 6.45) is -3.23. The molecule has 9 heteroatoms. The maximum Gasteiger partial charge on any atom is 0.411 e. The Morgan fingerprint density at radius 2 is 2.00 bits per heavy atom. The fourth-order valence-corrected chi connectivity index (χ4v) is 2.89. The molecule has 0 aromatic carbocycles. The molecule has 1 aromatic rings. The highest BCUT2D eigenvalue weighted by atomic mass is 79.9. The summed E-state index contributed by atoms with van der Waals surface area (Å²) in [6, 6.07) is 3.59. The molecule has 21 heavy (non-hydrogen) atoms. The van der Waals surface area contributed by atoms with Crippen molar-refractivity contribution in [1.82, 2.24) is 10.6 Å². The van der Waals surface area contributed by atoms with Crippen LogP contribution in [0.1, 0.15) is 11.3 Å². The molecule has 1 heterocycles. The van der Waals surface area contributed by atoms with E-state index in [-0.39, 0.29) is 19.2 Å². The van der Waals surface area contributed by atoms with Gasteiger partial charge in [0, 0.05) is 24.6 Å². The molecule has 0 spiro atoms. The number of alkyl halides is 3. The third-order valence-corrected chi connectivity index (χ3v) is 3.99. The summed E-state index contributed by atoms with van der Waals surface area (Å²) in [6.45, 7) is -0.518. The van der Waals surface area contributed by atoms with Gasteiger partial charge in [-0.3, -0.25) is 0 Å². The fourth-order valence-electron chi connectivity index (χ4n) is 1.41. The first kappa shape index (κ1) is 18.2. The molecule has 0 aliphatic heterocycles. The van der Waals surface area contributed by atoms with Crippen LogP contribution in [0.3, 0.4) is 0 Å². The molecular weight excluding hydrogens is 373 g/mol. The van der Waals surface area contributed by atoms with Gasteiger partial charge in [-0.1, -0.05) is 0 Å². The molecule has 120 valence electrons. The molecule has 0 saturated carbocycles. The summed E-state index contributed by atoms with van der Waals surface area (Å²) in [7, 11) is 0. The van der Waals surface area contributed by atoms with Crippen molar-refractivity contribution < 1.29 is 22.7 Å². The van der Waals surface area contributed by atoms with Gasteiger partial charge in [0.1, 0.15) is 6.61 Å². The van der Waals surface area contributed by atoms with Gasteiger partial charge < -0.3 is 15.4 Å². The van der Waals surface area contributed by atoms with Crippen molar-refractivity contribution >= 4 is 33.3 Å². The van der Waals surface area contributed by atoms with E-state index in [0.29, 0.717) is 13.0 Å². The summed E-state index contributed by atoms with van der Waals surface area (Å²) in [5.74, 6) is 0. The van der Waals surface area contributed by atoms with Gasteiger partial charge in [0.25, 0.3) is 0 Å². The lowest BCUT2D eigenvalue weighted by Crippen LogP contribution is -2.37. The molecule has 0 bridgehead atoms. The molecule has 0 unspecified atom stereocenters. The number of carbonyl (C=O) groups excluding carboxylic acids is 1. The first-order valence-corrected chi connectivity index (χ1v) is 7.88. The maximum atomic E-state index is 11.8. The van der Waals surface area contributed by atoms with Crippen LogP contribution in [-0.4, -0.2) is 38.5 Å². The lowest BCUT2D eigenvalue weighted by Gasteiger charge is -2.09. The van der Waals surface area contributed by atoms with Crippen LogP contribution in [-0.2, 0) is 11.2 Å². The van der Waals surface area contributed by atoms with Crippen LogP contribution >= 0.6 is 27.3 Å². The number of hydrogen-bond acceptors (Lipinski definition) is 3. The lowest BCUT2D eigenvalue weighted by atomic mass is 10.3. The highest BCUT2D eigenvalue weighted by Crippen LogP contribution is 2.21. The van der Waals surface area contributed by atoms with Crippen LogP contribution < -0.4 is 10.6 Å². The predicted molar refractivity (Wildman–Crippen MR) is 78.6 cm³/mol. The van der Waals surface area contributed by atoms with Gasteiger partial charge in [-0.25, -0.2) is 4.79 Å². The van der Waals surface area contributed by atoms with E-state index in [2.05, 4.69) is 31.3 Å². The molecule has 1 aromatic heterocycles. The number of amides is 2. The van der Waals surface area contributed by atoms with Crippen molar-refractivity contribution in [3.8, 4) is 0 Å². The van der Waals surface area contributed by atoms with Crippen molar-refractivity contribution in [1.29, 1.82) is 0 Å². The fraction of sp³-hybridized carbons (Fsp3) is 0.583. The third-order valence-electron chi connectivity index (χ3n) is 2.30. The molecule has 0 aliphatic rings. The van der Waals surface area contributed by atoms with Gasteiger partial charge in [0.2, 0.25) is 0 Å². The number of thiophene rings is 1. The average molecular weight is 389 g/mol. The second-order valence-electron chi connectivity index (χ2n) is 4.16. The minimum absolute atomic E-state index is 0.0387. The van der Waals surface area contributed by atoms with Crippen molar-refractivity contribution in [2.75, 3.05) is 26.3 Å². The molecular formula is C12H16BrF3N2O2S. The van der Waals surface area contributed by atoms with E-state index < -0.39 is 12.8 Å². The summed E-state index contributed by atoms with van der Waals surface area (Å²) in [4.78, 5) is 12.5. The van der Waals surface area contributed by atoms with E-state index in [0.717, 1.165) is 15.1 Å². The van der Waals surface area contributed by atoms with Crippen LogP contribution in [0.2, 0.25) is 0 Å². The second-order valence-corrected chi connectivity index (χ2v) is 6.71. The molecule has 0 atom stereocenters. The molecule has 0 aliphatic carbocycles. The normalized spacial score (nSPS) is 11.4. The summed E-state index contributed by atoms with van der Waals surface area (Å²) < 4.78 is 40.8. The Labute approximate surface area is 133 Å². The molecule has 4 nitrogen and oxygen atoms in total. The Balaban J connectivity index is 1.96. The van der Waals surface area contributed by atoms with E-state index in [1.165, 1.54) is 0 Å². The van der Waals surface area contributed by atoms with E-state index in [9.17, 15) is 18.0 Å². The monoisotopic (exact) mass is 388 g/mol. The topological polar surface area (TPSA) is 50.4 Å². The molecule has 2 N–H and O–H groups in total. The number of ether oxygens (including phenoxy) is 1. The third kappa shape index (κ3) is 9.70. The zero-order valence-electron chi connectivity index (χ0n) is 11.1. The van der Waals surface area contributed by atoms with Gasteiger partial charge in [-0.05, 0) is 40.9 Å². The van der Waals surface area contributed by atoms with Crippen LogP contribution in [0.5, 0.6) is 0 Å². The first-order valence-electron chi connectivity index (χ1n) is 6.27. The van der Waals surface area contributed by atoms with Gasteiger partial charge >= 0.3 is 12.2 Å². The minimum Gasteiger partial charge on any atom is -0.372 e. The minimum atomic E-state index is -4.30. The Morgan fingerprint density at radius 1 is 1.29 bits per heavy atom. The standard InChI is InChI=1S/C12H16BrF3N2O2S/c13-10-3-2-9(21-10)4-6-18-11(19)17-5-1-7-20-8-12(14,15)16/h2-3H,1,4-8H2,(H2,17,18,19). The van der Waals surface area contributed by atoms with Crippen molar-refractivity contribution in [3.05, 3.63) is 20.8 Å². The number of nitrogens with one attached hydrogen (secondary N) is 2. The zero-order chi connectivity index (χ0) is 15.7. The van der Waals surface area contributed by atoms with Crippen LogP contribution in [0, 0.1) is 0 Å². The van der Waals surface area contributed by atoms with Gasteiger partial charge in [0.05, 0.1) is 3.79 Å². The van der Waals surface area contributed by atoms with Crippen LogP contribution in [0.15, 0.2) is 15.9 Å². The van der Waals surface area contributed by atoms with Crippen LogP contribution in [0.25, 0.3) is 0 Å². The smallest absolute Gasteiger partial charge is 0.372 e. The maximum absolute atomic E-state index is 11.8. The first-order chi connectivity index (χ1) is 9.87. The lowest BCUT2D eigenvalue weighted by molar-refractivity contribution is -0.173. The van der Waals surface area contributed by atoms with Crippen molar-refractivity contribution in [3.63, 3.8) is 0 Å². The van der Waals surface area contributed by atoms with Gasteiger partial charge in [-0.15, -0.1) is 11.3 Å². The largest absolute Gasteiger partial charge is 0.411 e. The Kier molecular flexibility index (Phi) is 8.05. The Bertz CT molecular complexity index is 440. The quantitative estimate of drug-likeness (QED) is 0.671. The number of carbonyl (C=O) groups is 1.